The van der Waals surface area contributed by atoms with Crippen molar-refractivity contribution < 1.29 is 75.8 Å². The van der Waals surface area contributed by atoms with E-state index in [0.29, 0.717) is 0 Å². The summed E-state index contributed by atoms with van der Waals surface area (Å²) < 4.78 is 196. The Balaban J connectivity index is 2.96. The summed E-state index contributed by atoms with van der Waals surface area (Å²) in [6.45, 7) is 3.29. The summed E-state index contributed by atoms with van der Waals surface area (Å²) in [6, 6.07) is 4.16. The van der Waals surface area contributed by atoms with E-state index in [1.165, 1.54) is 30.3 Å². The zero-order valence-electron chi connectivity index (χ0n) is 21.7. The van der Waals surface area contributed by atoms with E-state index in [1.54, 1.807) is 0 Å². The fraction of sp³-hybridized carbons (Fsp3) is 0.440. The van der Waals surface area contributed by atoms with Crippen molar-refractivity contribution >= 4 is 17.4 Å². The number of ether oxygens (including phenoxy) is 1. The number of alkyl halides is 14. The van der Waals surface area contributed by atoms with E-state index in [2.05, 4.69) is 0 Å². The quantitative estimate of drug-likeness (QED) is 0.243. The van der Waals surface area contributed by atoms with Gasteiger partial charge in [-0.05, 0) is 24.3 Å². The molecule has 1 atom stereocenters. The van der Waals surface area contributed by atoms with Crippen molar-refractivity contribution in [1.29, 1.82) is 0 Å². The van der Waals surface area contributed by atoms with Gasteiger partial charge in [0, 0.05) is 16.7 Å². The van der Waals surface area contributed by atoms with E-state index in [0.717, 1.165) is 20.8 Å². The highest BCUT2D eigenvalue weighted by atomic mass is 19.4. The van der Waals surface area contributed by atoms with Crippen LogP contribution in [0, 0.1) is 5.41 Å². The number of carbonyl (C=O) groups is 2. The molecule has 2 aromatic carbocycles. The van der Waals surface area contributed by atoms with E-state index >= 15 is 4.39 Å². The number of hydrogen-bond donors (Lipinski definition) is 1. The first kappa shape index (κ1) is 35.6. The molecule has 4 nitrogen and oxygen atoms in total. The molecular formula is C25H19F14NO3. The topological polar surface area (TPSA) is 55.4 Å². The molecule has 2 aromatic rings. The lowest BCUT2D eigenvalue weighted by Gasteiger charge is -2.35. The average Bonchev–Trinajstić information content (AvgIpc) is 2.83. The molecule has 0 aromatic heterocycles. The minimum atomic E-state index is -7.16. The molecule has 0 radical (unpaired) electrons. The lowest BCUT2D eigenvalue weighted by Crippen LogP contribution is -2.53. The van der Waals surface area contributed by atoms with Gasteiger partial charge in [0.1, 0.15) is 5.75 Å². The van der Waals surface area contributed by atoms with Crippen molar-refractivity contribution in [3.8, 4) is 5.75 Å². The van der Waals surface area contributed by atoms with Gasteiger partial charge in [-0.1, -0.05) is 45.0 Å². The highest BCUT2D eigenvalue weighted by Gasteiger charge is 2.76. The van der Waals surface area contributed by atoms with Gasteiger partial charge in [0.2, 0.25) is 6.10 Å². The zero-order valence-corrected chi connectivity index (χ0v) is 21.7. The molecule has 0 bridgehead atoms. The number of anilines is 1. The maximum atomic E-state index is 15.2. The van der Waals surface area contributed by atoms with Gasteiger partial charge in [-0.2, -0.15) is 52.7 Å². The van der Waals surface area contributed by atoms with Crippen LogP contribution in [-0.4, -0.2) is 42.5 Å². The fourth-order valence-electron chi connectivity index (χ4n) is 3.55. The van der Waals surface area contributed by atoms with Gasteiger partial charge in [0.25, 0.3) is 5.91 Å². The summed E-state index contributed by atoms with van der Waals surface area (Å²) in [5.41, 5.74) is -21.3. The minimum absolute atomic E-state index is 0.110. The Kier molecular flexibility index (Phi) is 9.23. The standard InChI is InChI=1S/C25H19F14NO3/c1-19(2,3)17(41)16(18(42)40-13-7-5-4-6-8-13)43-15-10-9-12(20(26,22(28,29)30)23(31,32)33)11-14(15)21(27,24(34,35)36)25(37,38)39/h4-11,16H,1-3H3,(H,40,42). The van der Waals surface area contributed by atoms with Gasteiger partial charge in [0.15, 0.2) is 5.78 Å². The van der Waals surface area contributed by atoms with Crippen molar-refractivity contribution in [2.24, 2.45) is 5.41 Å². The Labute approximate surface area is 233 Å². The number of hydrogen-bond acceptors (Lipinski definition) is 3. The monoisotopic (exact) mass is 647 g/mol. The predicted molar refractivity (Wildman–Crippen MR) is 120 cm³/mol. The largest absolute Gasteiger partial charge is 0.472 e. The van der Waals surface area contributed by atoms with Crippen LogP contribution in [0.15, 0.2) is 48.5 Å². The molecule has 1 unspecified atom stereocenters. The molecule has 1 N–H and O–H groups in total. The maximum Gasteiger partial charge on any atom is 0.436 e. The summed E-state index contributed by atoms with van der Waals surface area (Å²) in [6.07, 6.45) is -31.1. The molecule has 2 rings (SSSR count). The van der Waals surface area contributed by atoms with E-state index in [-0.39, 0.29) is 5.69 Å². The SMILES string of the molecule is CC(C)(C)C(=O)C(Oc1ccc(C(F)(C(F)(F)F)C(F)(F)F)cc1C(F)(C(F)(F)F)C(F)(F)F)C(=O)Nc1ccccc1. The predicted octanol–water partition coefficient (Wildman–Crippen LogP) is 8.27. The maximum absolute atomic E-state index is 15.2. The lowest BCUT2D eigenvalue weighted by molar-refractivity contribution is -0.350. The first-order chi connectivity index (χ1) is 19.1. The summed E-state index contributed by atoms with van der Waals surface area (Å²) >= 11 is 0. The smallest absolute Gasteiger partial charge is 0.436 e. The summed E-state index contributed by atoms with van der Waals surface area (Å²) in [7, 11) is 0. The van der Waals surface area contributed by atoms with Crippen LogP contribution in [0.5, 0.6) is 5.75 Å². The molecule has 240 valence electrons. The van der Waals surface area contributed by atoms with Crippen LogP contribution < -0.4 is 10.1 Å². The molecule has 0 saturated carbocycles. The highest BCUT2D eigenvalue weighted by Crippen LogP contribution is 2.58. The Bertz CT molecular complexity index is 1290. The van der Waals surface area contributed by atoms with Crippen molar-refractivity contribution in [2.45, 2.75) is 62.9 Å². The Morgan fingerprint density at radius 1 is 0.651 bits per heavy atom. The molecule has 0 aliphatic heterocycles. The van der Waals surface area contributed by atoms with Gasteiger partial charge in [0.05, 0.1) is 5.56 Å². The third-order valence-corrected chi connectivity index (χ3v) is 5.81. The van der Waals surface area contributed by atoms with Crippen LogP contribution in [0.2, 0.25) is 0 Å². The number of halogens is 14. The number of amides is 1. The summed E-state index contributed by atoms with van der Waals surface area (Å²) in [5.74, 6) is -5.11. The highest BCUT2D eigenvalue weighted by molar-refractivity contribution is 6.11. The normalized spacial score (nSPS) is 14.7. The second-order valence-corrected chi connectivity index (χ2v) is 9.99. The number of carbonyl (C=O) groups excluding carboxylic acids is 2. The average molecular weight is 647 g/mol. The molecule has 43 heavy (non-hydrogen) atoms. The number of benzene rings is 2. The molecular weight excluding hydrogens is 628 g/mol. The zero-order chi connectivity index (χ0) is 33.6. The van der Waals surface area contributed by atoms with Crippen molar-refractivity contribution in [1.82, 2.24) is 0 Å². The molecule has 18 heteroatoms. The Morgan fingerprint density at radius 3 is 1.49 bits per heavy atom. The Hall–Kier alpha value is -3.60. The lowest BCUT2D eigenvalue weighted by atomic mass is 9.85. The fourth-order valence-corrected chi connectivity index (χ4v) is 3.55. The van der Waals surface area contributed by atoms with Crippen molar-refractivity contribution in [3.63, 3.8) is 0 Å². The number of ketones is 1. The molecule has 0 fully saturated rings. The van der Waals surface area contributed by atoms with Gasteiger partial charge in [-0.15, -0.1) is 0 Å². The molecule has 0 heterocycles. The van der Waals surface area contributed by atoms with Crippen molar-refractivity contribution in [2.75, 3.05) is 5.32 Å². The van der Waals surface area contributed by atoms with Crippen LogP contribution in [0.3, 0.4) is 0 Å². The van der Waals surface area contributed by atoms with E-state index in [9.17, 15) is 66.7 Å². The van der Waals surface area contributed by atoms with E-state index < -0.39 is 94.3 Å². The molecule has 0 aliphatic rings. The van der Waals surface area contributed by atoms with Gasteiger partial charge < -0.3 is 10.1 Å². The van der Waals surface area contributed by atoms with Gasteiger partial charge in [-0.25, -0.2) is 8.78 Å². The van der Waals surface area contributed by atoms with Crippen LogP contribution in [-0.2, 0) is 20.9 Å². The van der Waals surface area contributed by atoms with Crippen LogP contribution in [0.25, 0.3) is 0 Å². The molecule has 0 spiro atoms. The van der Waals surface area contributed by atoms with Gasteiger partial charge >= 0.3 is 36.0 Å². The second kappa shape index (κ2) is 11.2. The molecule has 0 saturated heterocycles. The molecule has 1 amide bonds. The third-order valence-electron chi connectivity index (χ3n) is 5.81. The van der Waals surface area contributed by atoms with Crippen LogP contribution >= 0.6 is 0 Å². The number of nitrogens with one attached hydrogen (secondary N) is 1. The Morgan fingerprint density at radius 2 is 1.09 bits per heavy atom. The summed E-state index contributed by atoms with van der Waals surface area (Å²) in [5, 5.41) is 2.03. The van der Waals surface area contributed by atoms with Gasteiger partial charge in [-0.3, -0.25) is 9.59 Å². The number of para-hydroxylation sites is 1. The van der Waals surface area contributed by atoms with E-state index in [4.69, 9.17) is 4.74 Å². The molecule has 0 aliphatic carbocycles. The van der Waals surface area contributed by atoms with Crippen LogP contribution in [0.1, 0.15) is 31.9 Å². The minimum Gasteiger partial charge on any atom is -0.472 e. The number of rotatable bonds is 7. The first-order valence-electron chi connectivity index (χ1n) is 11.5. The van der Waals surface area contributed by atoms with Crippen molar-refractivity contribution in [3.05, 3.63) is 59.7 Å². The first-order valence-corrected chi connectivity index (χ1v) is 11.5. The summed E-state index contributed by atoms with van der Waals surface area (Å²) in [4.78, 5) is 25.9. The van der Waals surface area contributed by atoms with E-state index in [1.807, 2.05) is 5.32 Å². The number of Topliss-reactive ketones (excluding diaryl/α,β-unsaturated/α-hetero) is 1. The van der Waals surface area contributed by atoms with Crippen LogP contribution in [0.4, 0.5) is 67.2 Å². The third kappa shape index (κ3) is 6.66. The second-order valence-electron chi connectivity index (χ2n) is 9.99.